The van der Waals surface area contributed by atoms with Gasteiger partial charge in [-0.15, -0.1) is 11.3 Å². The van der Waals surface area contributed by atoms with Crippen LogP contribution >= 0.6 is 11.3 Å². The van der Waals surface area contributed by atoms with E-state index in [0.29, 0.717) is 17.1 Å². The molecule has 25 heavy (non-hydrogen) atoms. The zero-order valence-corrected chi connectivity index (χ0v) is 14.9. The molecule has 0 aliphatic carbocycles. The molecule has 0 radical (unpaired) electrons. The SMILES string of the molecule is COc1cc(/C=C/C(=O)c2ccccc2)cc(-c2cccs2)c1OC. The van der Waals surface area contributed by atoms with Crippen LogP contribution < -0.4 is 9.47 Å². The van der Waals surface area contributed by atoms with E-state index in [9.17, 15) is 4.79 Å². The van der Waals surface area contributed by atoms with Crippen molar-refractivity contribution in [2.24, 2.45) is 0 Å². The van der Waals surface area contributed by atoms with Gasteiger partial charge in [0.05, 0.1) is 14.2 Å². The minimum Gasteiger partial charge on any atom is -0.493 e. The molecule has 0 bridgehead atoms. The third kappa shape index (κ3) is 3.80. The lowest BCUT2D eigenvalue weighted by atomic mass is 10.0. The highest BCUT2D eigenvalue weighted by atomic mass is 32.1. The minimum atomic E-state index is -0.0342. The number of rotatable bonds is 6. The van der Waals surface area contributed by atoms with Gasteiger partial charge in [-0.2, -0.15) is 0 Å². The number of benzene rings is 2. The monoisotopic (exact) mass is 350 g/mol. The normalized spacial score (nSPS) is 10.8. The van der Waals surface area contributed by atoms with Crippen LogP contribution in [0.25, 0.3) is 16.5 Å². The summed E-state index contributed by atoms with van der Waals surface area (Å²) in [5, 5.41) is 2.02. The van der Waals surface area contributed by atoms with Gasteiger partial charge >= 0.3 is 0 Å². The van der Waals surface area contributed by atoms with Crippen LogP contribution in [0.2, 0.25) is 0 Å². The van der Waals surface area contributed by atoms with Gasteiger partial charge < -0.3 is 9.47 Å². The highest BCUT2D eigenvalue weighted by molar-refractivity contribution is 7.13. The molecule has 1 aromatic heterocycles. The Morgan fingerprint density at radius 1 is 1.00 bits per heavy atom. The molecular formula is C21H18O3S. The van der Waals surface area contributed by atoms with Crippen LogP contribution in [0.15, 0.2) is 66.1 Å². The van der Waals surface area contributed by atoms with Gasteiger partial charge in [0.1, 0.15) is 0 Å². The van der Waals surface area contributed by atoms with E-state index in [1.54, 1.807) is 49.8 Å². The number of carbonyl (C=O) groups is 1. The van der Waals surface area contributed by atoms with E-state index in [1.807, 2.05) is 47.8 Å². The molecule has 3 rings (SSSR count). The van der Waals surface area contributed by atoms with Crippen LogP contribution in [0, 0.1) is 0 Å². The molecule has 0 aliphatic rings. The number of hydrogen-bond acceptors (Lipinski definition) is 4. The second-order valence-electron chi connectivity index (χ2n) is 5.34. The molecule has 0 saturated carbocycles. The van der Waals surface area contributed by atoms with Gasteiger partial charge in [0, 0.05) is 16.0 Å². The van der Waals surface area contributed by atoms with Gasteiger partial charge in [-0.05, 0) is 35.2 Å². The maximum Gasteiger partial charge on any atom is 0.185 e. The van der Waals surface area contributed by atoms with Crippen molar-refractivity contribution in [1.82, 2.24) is 0 Å². The predicted octanol–water partition coefficient (Wildman–Crippen LogP) is 5.33. The Labute approximate surface area is 151 Å². The molecule has 0 aliphatic heterocycles. The summed E-state index contributed by atoms with van der Waals surface area (Å²) in [5.41, 5.74) is 2.49. The molecule has 1 heterocycles. The van der Waals surface area contributed by atoms with E-state index in [1.165, 1.54) is 0 Å². The lowest BCUT2D eigenvalue weighted by Crippen LogP contribution is -1.95. The van der Waals surface area contributed by atoms with Crippen molar-refractivity contribution < 1.29 is 14.3 Å². The Bertz CT molecular complexity index is 881. The van der Waals surface area contributed by atoms with Crippen LogP contribution in [0.5, 0.6) is 11.5 Å². The van der Waals surface area contributed by atoms with E-state index in [4.69, 9.17) is 9.47 Å². The molecule has 0 spiro atoms. The Hall–Kier alpha value is -2.85. The lowest BCUT2D eigenvalue weighted by molar-refractivity contribution is 0.104. The number of hydrogen-bond donors (Lipinski definition) is 0. The van der Waals surface area contributed by atoms with Crippen molar-refractivity contribution in [3.8, 4) is 21.9 Å². The summed E-state index contributed by atoms with van der Waals surface area (Å²) in [6.07, 6.45) is 3.38. The van der Waals surface area contributed by atoms with Gasteiger partial charge in [-0.1, -0.05) is 42.5 Å². The first-order valence-corrected chi connectivity index (χ1v) is 8.68. The highest BCUT2D eigenvalue weighted by Gasteiger charge is 2.14. The second kappa shape index (κ2) is 7.81. The molecule has 3 aromatic rings. The zero-order valence-electron chi connectivity index (χ0n) is 14.1. The third-order valence-electron chi connectivity index (χ3n) is 3.77. The highest BCUT2D eigenvalue weighted by Crippen LogP contribution is 2.41. The first-order chi connectivity index (χ1) is 12.2. The molecule has 3 nitrogen and oxygen atoms in total. The Balaban J connectivity index is 1.98. The number of ether oxygens (including phenoxy) is 2. The minimum absolute atomic E-state index is 0.0342. The molecule has 0 amide bonds. The summed E-state index contributed by atoms with van der Waals surface area (Å²) < 4.78 is 11.0. The fraction of sp³-hybridized carbons (Fsp3) is 0.0952. The molecule has 126 valence electrons. The number of carbonyl (C=O) groups excluding carboxylic acids is 1. The van der Waals surface area contributed by atoms with Crippen molar-refractivity contribution in [3.05, 3.63) is 77.2 Å². The van der Waals surface area contributed by atoms with Crippen molar-refractivity contribution in [3.63, 3.8) is 0 Å². The van der Waals surface area contributed by atoms with Crippen molar-refractivity contribution in [2.75, 3.05) is 14.2 Å². The standard InChI is InChI=1S/C21H18O3S/c1-23-19-14-15(10-11-18(22)16-7-4-3-5-8-16)13-17(21(19)24-2)20-9-6-12-25-20/h3-14H,1-2H3/b11-10+. The molecule has 2 aromatic carbocycles. The number of allylic oxidation sites excluding steroid dienone is 1. The van der Waals surface area contributed by atoms with E-state index >= 15 is 0 Å². The summed E-state index contributed by atoms with van der Waals surface area (Å²) in [6.45, 7) is 0. The molecule has 4 heteroatoms. The van der Waals surface area contributed by atoms with Gasteiger partial charge in [-0.3, -0.25) is 4.79 Å². The van der Waals surface area contributed by atoms with Crippen LogP contribution in [-0.4, -0.2) is 20.0 Å². The quantitative estimate of drug-likeness (QED) is 0.445. The smallest absolute Gasteiger partial charge is 0.185 e. The molecule has 0 unspecified atom stereocenters. The summed E-state index contributed by atoms with van der Waals surface area (Å²) >= 11 is 1.63. The van der Waals surface area contributed by atoms with E-state index in [-0.39, 0.29) is 5.78 Å². The summed E-state index contributed by atoms with van der Waals surface area (Å²) in [4.78, 5) is 13.4. The maximum atomic E-state index is 12.3. The molecule has 0 N–H and O–H groups in total. The molecular weight excluding hydrogens is 332 g/mol. The Kier molecular flexibility index (Phi) is 5.31. The van der Waals surface area contributed by atoms with E-state index in [2.05, 4.69) is 0 Å². The van der Waals surface area contributed by atoms with Crippen LogP contribution in [-0.2, 0) is 0 Å². The van der Waals surface area contributed by atoms with E-state index < -0.39 is 0 Å². The van der Waals surface area contributed by atoms with Crippen molar-refractivity contribution in [2.45, 2.75) is 0 Å². The topological polar surface area (TPSA) is 35.5 Å². The van der Waals surface area contributed by atoms with Crippen LogP contribution in [0.1, 0.15) is 15.9 Å². The molecule has 0 fully saturated rings. The summed E-state index contributed by atoms with van der Waals surface area (Å²) in [5.74, 6) is 1.30. The summed E-state index contributed by atoms with van der Waals surface area (Å²) in [6, 6.07) is 17.1. The average molecular weight is 350 g/mol. The molecule has 0 saturated heterocycles. The van der Waals surface area contributed by atoms with E-state index in [0.717, 1.165) is 16.0 Å². The van der Waals surface area contributed by atoms with Crippen molar-refractivity contribution in [1.29, 1.82) is 0 Å². The van der Waals surface area contributed by atoms with Gasteiger partial charge in [0.15, 0.2) is 17.3 Å². The Morgan fingerprint density at radius 2 is 1.80 bits per heavy atom. The van der Waals surface area contributed by atoms with Gasteiger partial charge in [0.2, 0.25) is 0 Å². The first-order valence-electron chi connectivity index (χ1n) is 7.80. The third-order valence-corrected chi connectivity index (χ3v) is 4.68. The zero-order chi connectivity index (χ0) is 17.6. The predicted molar refractivity (Wildman–Crippen MR) is 103 cm³/mol. The van der Waals surface area contributed by atoms with Crippen LogP contribution in [0.3, 0.4) is 0 Å². The Morgan fingerprint density at radius 3 is 2.44 bits per heavy atom. The van der Waals surface area contributed by atoms with Crippen molar-refractivity contribution >= 4 is 23.2 Å². The largest absolute Gasteiger partial charge is 0.493 e. The number of methoxy groups -OCH3 is 2. The van der Waals surface area contributed by atoms with Gasteiger partial charge in [-0.25, -0.2) is 0 Å². The second-order valence-corrected chi connectivity index (χ2v) is 6.29. The summed E-state index contributed by atoms with van der Waals surface area (Å²) in [7, 11) is 3.24. The number of ketones is 1. The number of thiophene rings is 1. The maximum absolute atomic E-state index is 12.3. The average Bonchev–Trinajstić information content (AvgIpc) is 3.20. The first kappa shape index (κ1) is 17.0. The molecule has 0 atom stereocenters. The lowest BCUT2D eigenvalue weighted by Gasteiger charge is -2.13. The van der Waals surface area contributed by atoms with Gasteiger partial charge in [0.25, 0.3) is 0 Å². The fourth-order valence-electron chi connectivity index (χ4n) is 2.57. The fourth-order valence-corrected chi connectivity index (χ4v) is 3.31. The van der Waals surface area contributed by atoms with Crippen LogP contribution in [0.4, 0.5) is 0 Å².